The van der Waals surface area contributed by atoms with Crippen LogP contribution < -0.4 is 9.47 Å². The first-order chi connectivity index (χ1) is 7.97. The molecule has 0 aliphatic carbocycles. The third kappa shape index (κ3) is 3.30. The van der Waals surface area contributed by atoms with Gasteiger partial charge in [-0.3, -0.25) is 4.79 Å². The molecule has 1 unspecified atom stereocenters. The van der Waals surface area contributed by atoms with Crippen molar-refractivity contribution in [1.82, 2.24) is 0 Å². The molecule has 0 amide bonds. The summed E-state index contributed by atoms with van der Waals surface area (Å²) in [4.78, 5) is 11.7. The third-order valence-corrected chi connectivity index (χ3v) is 2.22. The average molecular weight is 265 g/mol. The lowest BCUT2D eigenvalue weighted by molar-refractivity contribution is -0.0512. The first-order valence-corrected chi connectivity index (χ1v) is 5.21. The van der Waals surface area contributed by atoms with Crippen LogP contribution in [0.5, 0.6) is 11.5 Å². The Labute approximate surface area is 102 Å². The van der Waals surface area contributed by atoms with Crippen LogP contribution in [0.25, 0.3) is 0 Å². The van der Waals surface area contributed by atoms with E-state index in [0.717, 1.165) is 0 Å². The van der Waals surface area contributed by atoms with E-state index in [2.05, 4.69) is 4.74 Å². The molecule has 0 saturated heterocycles. The summed E-state index contributed by atoms with van der Waals surface area (Å²) in [6.07, 6.45) is 0. The van der Waals surface area contributed by atoms with Crippen molar-refractivity contribution in [2.45, 2.75) is 18.9 Å². The first kappa shape index (κ1) is 13.7. The normalized spacial score (nSPS) is 12.4. The second-order valence-corrected chi connectivity index (χ2v) is 3.85. The van der Waals surface area contributed by atoms with Gasteiger partial charge < -0.3 is 9.47 Å². The molecule has 1 aromatic carbocycles. The molecule has 0 bridgehead atoms. The second kappa shape index (κ2) is 5.82. The maximum absolute atomic E-state index is 12.1. The minimum atomic E-state index is -2.98. The van der Waals surface area contributed by atoms with Crippen LogP contribution in [0, 0.1) is 0 Å². The molecule has 0 aliphatic heterocycles. The minimum Gasteiger partial charge on any atom is -0.492 e. The number of halogens is 3. The Morgan fingerprint density at radius 1 is 1.41 bits per heavy atom. The van der Waals surface area contributed by atoms with Crippen LogP contribution in [0.3, 0.4) is 0 Å². The Kier molecular flexibility index (Phi) is 4.69. The highest BCUT2D eigenvalue weighted by Crippen LogP contribution is 2.33. The summed E-state index contributed by atoms with van der Waals surface area (Å²) in [6.45, 7) is -1.49. The number of alkyl halides is 3. The Hall–Kier alpha value is -1.36. The van der Waals surface area contributed by atoms with Gasteiger partial charge in [-0.15, -0.1) is 11.6 Å². The Morgan fingerprint density at radius 3 is 2.53 bits per heavy atom. The highest BCUT2D eigenvalue weighted by Gasteiger charge is 2.21. The molecule has 1 atom stereocenters. The van der Waals surface area contributed by atoms with E-state index in [-0.39, 0.29) is 17.1 Å². The lowest BCUT2D eigenvalue weighted by Crippen LogP contribution is -2.13. The van der Waals surface area contributed by atoms with Gasteiger partial charge in [-0.2, -0.15) is 8.78 Å². The fourth-order valence-electron chi connectivity index (χ4n) is 1.32. The van der Waals surface area contributed by atoms with E-state index in [1.807, 2.05) is 0 Å². The summed E-state index contributed by atoms with van der Waals surface area (Å²) in [6, 6.07) is 4.16. The molecule has 94 valence electrons. The van der Waals surface area contributed by atoms with Gasteiger partial charge in [0.25, 0.3) is 0 Å². The van der Waals surface area contributed by atoms with Gasteiger partial charge in [0.2, 0.25) is 0 Å². The Bertz CT molecular complexity index is 408. The molecule has 17 heavy (non-hydrogen) atoms. The van der Waals surface area contributed by atoms with Crippen molar-refractivity contribution in [3.63, 3.8) is 0 Å². The maximum atomic E-state index is 12.1. The van der Waals surface area contributed by atoms with Gasteiger partial charge in [0, 0.05) is 0 Å². The lowest BCUT2D eigenvalue weighted by atomic mass is 10.1. The highest BCUT2D eigenvalue weighted by atomic mass is 35.5. The fraction of sp³-hybridized carbons (Fsp3) is 0.364. The number of para-hydroxylation sites is 1. The van der Waals surface area contributed by atoms with Gasteiger partial charge >= 0.3 is 6.61 Å². The van der Waals surface area contributed by atoms with E-state index in [9.17, 15) is 13.6 Å². The van der Waals surface area contributed by atoms with Crippen molar-refractivity contribution in [1.29, 1.82) is 0 Å². The lowest BCUT2D eigenvalue weighted by Gasteiger charge is -2.13. The van der Waals surface area contributed by atoms with E-state index < -0.39 is 17.8 Å². The largest absolute Gasteiger partial charge is 0.492 e. The number of benzene rings is 1. The van der Waals surface area contributed by atoms with Crippen molar-refractivity contribution in [2.24, 2.45) is 0 Å². The number of ketones is 1. The van der Waals surface area contributed by atoms with Gasteiger partial charge in [0.05, 0.1) is 18.1 Å². The fourth-order valence-corrected chi connectivity index (χ4v) is 1.44. The quantitative estimate of drug-likeness (QED) is 0.605. The predicted molar refractivity (Wildman–Crippen MR) is 59.3 cm³/mol. The van der Waals surface area contributed by atoms with Crippen LogP contribution in [-0.4, -0.2) is 24.9 Å². The predicted octanol–water partition coefficient (Wildman–Crippen LogP) is 3.11. The molecule has 0 aromatic heterocycles. The van der Waals surface area contributed by atoms with Crippen LogP contribution in [0.2, 0.25) is 0 Å². The first-order valence-electron chi connectivity index (χ1n) is 4.77. The molecule has 1 aromatic rings. The number of hydrogen-bond acceptors (Lipinski definition) is 3. The van der Waals surface area contributed by atoms with Crippen LogP contribution in [0.15, 0.2) is 18.2 Å². The van der Waals surface area contributed by atoms with Crippen molar-refractivity contribution < 1.29 is 23.0 Å². The molecule has 1 rings (SSSR count). The summed E-state index contributed by atoms with van der Waals surface area (Å²) >= 11 is 5.66. The van der Waals surface area contributed by atoms with Gasteiger partial charge in [0.1, 0.15) is 0 Å². The van der Waals surface area contributed by atoms with Crippen LogP contribution in [0.1, 0.15) is 17.3 Å². The Morgan fingerprint density at radius 2 is 2.06 bits per heavy atom. The minimum absolute atomic E-state index is 0.0368. The van der Waals surface area contributed by atoms with Crippen LogP contribution in [-0.2, 0) is 0 Å². The summed E-state index contributed by atoms with van der Waals surface area (Å²) < 4.78 is 33.4. The number of carbonyl (C=O) groups excluding carboxylic acids is 1. The molecule has 0 aliphatic rings. The SMILES string of the molecule is COc1c(OC(F)F)cccc1C(=O)C(C)Cl. The molecular weight excluding hydrogens is 254 g/mol. The zero-order chi connectivity index (χ0) is 13.0. The maximum Gasteiger partial charge on any atom is 0.387 e. The van der Waals surface area contributed by atoms with Gasteiger partial charge in [-0.05, 0) is 19.1 Å². The van der Waals surface area contributed by atoms with Crippen LogP contribution >= 0.6 is 11.6 Å². The zero-order valence-electron chi connectivity index (χ0n) is 9.25. The molecule has 0 spiro atoms. The van der Waals surface area contributed by atoms with Crippen molar-refractivity contribution in [3.8, 4) is 11.5 Å². The molecule has 3 nitrogen and oxygen atoms in total. The van der Waals surface area contributed by atoms with Gasteiger partial charge in [-0.1, -0.05) is 6.07 Å². The number of rotatable bonds is 5. The molecule has 0 heterocycles. The van der Waals surface area contributed by atoms with Crippen molar-refractivity contribution >= 4 is 17.4 Å². The summed E-state index contributed by atoms with van der Waals surface area (Å²) in [7, 11) is 1.27. The van der Waals surface area contributed by atoms with Gasteiger partial charge in [-0.25, -0.2) is 0 Å². The topological polar surface area (TPSA) is 35.5 Å². The molecule has 6 heteroatoms. The van der Waals surface area contributed by atoms with E-state index in [1.54, 1.807) is 0 Å². The monoisotopic (exact) mass is 264 g/mol. The van der Waals surface area contributed by atoms with E-state index in [1.165, 1.54) is 32.2 Å². The Balaban J connectivity index is 3.18. The number of Topliss-reactive ketones (excluding diaryl/α,β-unsaturated/α-hetero) is 1. The third-order valence-electron chi connectivity index (χ3n) is 2.03. The summed E-state index contributed by atoms with van der Waals surface area (Å²) in [5.74, 6) is -0.640. The standard InChI is InChI=1S/C11H11ClF2O3/c1-6(12)9(15)7-4-3-5-8(10(7)16-2)17-11(13)14/h3-6,11H,1-2H3. The molecule has 0 fully saturated rings. The number of hydrogen-bond donors (Lipinski definition) is 0. The van der Waals surface area contributed by atoms with E-state index in [0.29, 0.717) is 0 Å². The number of carbonyl (C=O) groups is 1. The summed E-state index contributed by atoms with van der Waals surface area (Å²) in [5, 5.41) is -0.773. The van der Waals surface area contributed by atoms with E-state index in [4.69, 9.17) is 16.3 Å². The molecular formula is C11H11ClF2O3. The molecule has 0 saturated carbocycles. The average Bonchev–Trinajstić information content (AvgIpc) is 2.26. The number of methoxy groups -OCH3 is 1. The van der Waals surface area contributed by atoms with Crippen LogP contribution in [0.4, 0.5) is 8.78 Å². The van der Waals surface area contributed by atoms with Crippen molar-refractivity contribution in [2.75, 3.05) is 7.11 Å². The smallest absolute Gasteiger partial charge is 0.387 e. The summed E-state index contributed by atoms with van der Waals surface area (Å²) in [5.41, 5.74) is 0.119. The van der Waals surface area contributed by atoms with E-state index >= 15 is 0 Å². The molecule has 0 radical (unpaired) electrons. The highest BCUT2D eigenvalue weighted by molar-refractivity contribution is 6.34. The van der Waals surface area contributed by atoms with Gasteiger partial charge in [0.15, 0.2) is 17.3 Å². The molecule has 0 N–H and O–H groups in total. The zero-order valence-corrected chi connectivity index (χ0v) is 10.0. The second-order valence-electron chi connectivity index (χ2n) is 3.20. The van der Waals surface area contributed by atoms with Crippen molar-refractivity contribution in [3.05, 3.63) is 23.8 Å². The number of ether oxygens (including phenoxy) is 2.